The van der Waals surface area contributed by atoms with Crippen molar-refractivity contribution in [3.63, 3.8) is 0 Å². The molecule has 0 bridgehead atoms. The van der Waals surface area contributed by atoms with Crippen molar-refractivity contribution in [3.8, 4) is 0 Å². The summed E-state index contributed by atoms with van der Waals surface area (Å²) in [6, 6.07) is 5.92. The average molecular weight is 534 g/mol. The third-order valence-electron chi connectivity index (χ3n) is 8.58. The molecule has 3 heterocycles. The van der Waals surface area contributed by atoms with Crippen LogP contribution in [0.3, 0.4) is 0 Å². The Labute approximate surface area is 220 Å². The zero-order valence-corrected chi connectivity index (χ0v) is 22.3. The average Bonchev–Trinajstić information content (AvgIpc) is 3.24. The second-order valence-electron chi connectivity index (χ2n) is 10.9. The van der Waals surface area contributed by atoms with Gasteiger partial charge in [-0.3, -0.25) is 14.9 Å². The number of benzene rings is 1. The van der Waals surface area contributed by atoms with Crippen molar-refractivity contribution in [3.05, 3.63) is 57.6 Å². The Morgan fingerprint density at radius 3 is 2.58 bits per heavy atom. The van der Waals surface area contributed by atoms with Crippen molar-refractivity contribution >= 4 is 40.8 Å². The van der Waals surface area contributed by atoms with Crippen molar-refractivity contribution in [1.82, 2.24) is 10.3 Å². The molecule has 5 rings (SSSR count). The van der Waals surface area contributed by atoms with E-state index in [4.69, 9.17) is 27.9 Å². The molecule has 1 aromatic heterocycles. The van der Waals surface area contributed by atoms with Gasteiger partial charge in [-0.2, -0.15) is 0 Å². The predicted octanol–water partition coefficient (Wildman–Crippen LogP) is 5.40. The third kappa shape index (κ3) is 3.42. The van der Waals surface area contributed by atoms with Crippen LogP contribution in [0.5, 0.6) is 0 Å². The van der Waals surface area contributed by atoms with Crippen LogP contribution < -0.4 is 10.2 Å². The quantitative estimate of drug-likeness (QED) is 0.422. The van der Waals surface area contributed by atoms with Gasteiger partial charge in [-0.05, 0) is 67.3 Å². The summed E-state index contributed by atoms with van der Waals surface area (Å²) in [7, 11) is 1.71. The molecule has 2 aromatic rings. The number of ether oxygens (including phenoxy) is 1. The van der Waals surface area contributed by atoms with E-state index in [1.54, 1.807) is 31.0 Å². The number of hydrogen-bond acceptors (Lipinski definition) is 5. The number of rotatable bonds is 3. The van der Waals surface area contributed by atoms with Gasteiger partial charge in [0.15, 0.2) is 11.0 Å². The van der Waals surface area contributed by atoms with E-state index in [2.05, 4.69) is 24.1 Å². The number of nitrogens with one attached hydrogen (secondary N) is 1. The molecule has 192 valence electrons. The summed E-state index contributed by atoms with van der Waals surface area (Å²) in [4.78, 5) is 33.5. The van der Waals surface area contributed by atoms with Gasteiger partial charge in [0.05, 0.1) is 6.61 Å². The molecule has 3 atom stereocenters. The van der Waals surface area contributed by atoms with Gasteiger partial charge in [-0.25, -0.2) is 9.37 Å². The molecule has 1 unspecified atom stereocenters. The van der Waals surface area contributed by atoms with E-state index in [9.17, 15) is 9.59 Å². The number of likely N-dealkylation sites (N-methyl/N-ethyl adjacent to an activating group) is 1. The summed E-state index contributed by atoms with van der Waals surface area (Å²) in [5, 5.41) is 3.77. The first kappa shape index (κ1) is 25.4. The van der Waals surface area contributed by atoms with E-state index in [-0.39, 0.29) is 28.6 Å². The summed E-state index contributed by atoms with van der Waals surface area (Å²) in [6.07, 6.45) is 4.35. The Hall–Kier alpha value is -2.22. The van der Waals surface area contributed by atoms with E-state index in [0.29, 0.717) is 23.6 Å². The second-order valence-corrected chi connectivity index (χ2v) is 11.7. The summed E-state index contributed by atoms with van der Waals surface area (Å²) >= 11 is 12.5. The highest BCUT2D eigenvalue weighted by Crippen LogP contribution is 2.65. The largest absolute Gasteiger partial charge is 0.465 e. The number of nitrogens with zero attached hydrogens (tertiary/aromatic N) is 2. The number of amides is 1. The fourth-order valence-corrected chi connectivity index (χ4v) is 7.15. The number of fused-ring (bicyclic) bond motifs is 3. The maximum Gasteiger partial charge on any atom is 0.323 e. The highest BCUT2D eigenvalue weighted by atomic mass is 35.5. The molecule has 3 aliphatic rings. The van der Waals surface area contributed by atoms with Gasteiger partial charge < -0.3 is 9.64 Å². The minimum atomic E-state index is -1.28. The maximum absolute atomic E-state index is 15.7. The highest BCUT2D eigenvalue weighted by Gasteiger charge is 2.74. The SMILES string of the molecule is CCOC(=O)[C@@H]1NC2(CCC(C)(C)CC2)C2(C(=O)N(C)c3cc(Cl)ccc32)[C@@H]1c1ccnc(Cl)c1F. The standard InChI is InChI=1S/C27H30Cl2FN3O3/c1-5-36-23(34)21-19(16-8-13-31-22(29)20(16)30)27(26(32-21)11-9-25(2,3)10-12-26)17-7-6-15(28)14-18(17)33(4)24(27)35/h6-8,13-14,19,21,32H,5,9-12H2,1-4H3/t19-,21-,27?/m1/s1. The summed E-state index contributed by atoms with van der Waals surface area (Å²) in [6.45, 7) is 6.31. The number of pyridine rings is 1. The van der Waals surface area contributed by atoms with Gasteiger partial charge in [0, 0.05) is 35.4 Å². The molecular weight excluding hydrogens is 504 g/mol. The number of halogens is 3. The molecule has 1 saturated heterocycles. The zero-order chi connectivity index (χ0) is 26.0. The Balaban J connectivity index is 1.85. The maximum atomic E-state index is 15.7. The first-order chi connectivity index (χ1) is 17.0. The molecular formula is C27H30Cl2FN3O3. The second kappa shape index (κ2) is 8.67. The molecule has 1 aromatic carbocycles. The lowest BCUT2D eigenvalue weighted by atomic mass is 9.53. The van der Waals surface area contributed by atoms with Crippen LogP contribution in [-0.2, 0) is 19.7 Å². The first-order valence-corrected chi connectivity index (χ1v) is 13.1. The zero-order valence-electron chi connectivity index (χ0n) is 20.8. The van der Waals surface area contributed by atoms with Crippen LogP contribution in [0.2, 0.25) is 10.2 Å². The first-order valence-electron chi connectivity index (χ1n) is 12.3. The van der Waals surface area contributed by atoms with Gasteiger partial charge in [0.1, 0.15) is 11.5 Å². The molecule has 2 aliphatic heterocycles. The van der Waals surface area contributed by atoms with E-state index in [1.807, 2.05) is 6.07 Å². The fourth-order valence-electron chi connectivity index (χ4n) is 6.81. The van der Waals surface area contributed by atoms with Crippen molar-refractivity contribution in [2.24, 2.45) is 5.41 Å². The van der Waals surface area contributed by atoms with Crippen LogP contribution >= 0.6 is 23.2 Å². The highest BCUT2D eigenvalue weighted by molar-refractivity contribution is 6.31. The van der Waals surface area contributed by atoms with E-state index >= 15 is 4.39 Å². The van der Waals surface area contributed by atoms with Gasteiger partial charge in [0.25, 0.3) is 0 Å². The minimum Gasteiger partial charge on any atom is -0.465 e. The van der Waals surface area contributed by atoms with Crippen LogP contribution in [0.4, 0.5) is 10.1 Å². The van der Waals surface area contributed by atoms with Crippen LogP contribution in [0.25, 0.3) is 0 Å². The number of carbonyl (C=O) groups is 2. The topological polar surface area (TPSA) is 71.5 Å². The van der Waals surface area contributed by atoms with Gasteiger partial charge in [-0.15, -0.1) is 0 Å². The Morgan fingerprint density at radius 2 is 1.92 bits per heavy atom. The molecule has 1 saturated carbocycles. The molecule has 9 heteroatoms. The molecule has 2 fully saturated rings. The van der Waals surface area contributed by atoms with Gasteiger partial charge in [0.2, 0.25) is 5.91 Å². The van der Waals surface area contributed by atoms with Gasteiger partial charge in [-0.1, -0.05) is 43.1 Å². The molecule has 1 amide bonds. The monoisotopic (exact) mass is 533 g/mol. The molecule has 36 heavy (non-hydrogen) atoms. The Kier molecular flexibility index (Phi) is 6.13. The number of aromatic nitrogens is 1. The lowest BCUT2D eigenvalue weighted by molar-refractivity contribution is -0.146. The van der Waals surface area contributed by atoms with Crippen molar-refractivity contribution < 1.29 is 18.7 Å². The number of esters is 1. The number of hydrogen-bond donors (Lipinski definition) is 1. The summed E-state index contributed by atoms with van der Waals surface area (Å²) in [5.41, 5.74) is -0.442. The van der Waals surface area contributed by atoms with Gasteiger partial charge >= 0.3 is 5.97 Å². The van der Waals surface area contributed by atoms with Crippen molar-refractivity contribution in [2.75, 3.05) is 18.6 Å². The smallest absolute Gasteiger partial charge is 0.323 e. The van der Waals surface area contributed by atoms with E-state index in [1.165, 1.54) is 12.3 Å². The van der Waals surface area contributed by atoms with E-state index < -0.39 is 34.7 Å². The fraction of sp³-hybridized carbons (Fsp3) is 0.519. The van der Waals surface area contributed by atoms with Crippen molar-refractivity contribution in [1.29, 1.82) is 0 Å². The lowest BCUT2D eigenvalue weighted by Crippen LogP contribution is -2.62. The van der Waals surface area contributed by atoms with E-state index in [0.717, 1.165) is 18.4 Å². The van der Waals surface area contributed by atoms with Crippen LogP contribution in [-0.4, -0.2) is 42.1 Å². The molecule has 1 N–H and O–H groups in total. The molecule has 2 spiro atoms. The van der Waals surface area contributed by atoms with Crippen LogP contribution in [0, 0.1) is 11.2 Å². The van der Waals surface area contributed by atoms with Crippen LogP contribution in [0.15, 0.2) is 30.5 Å². The van der Waals surface area contributed by atoms with Crippen molar-refractivity contribution in [2.45, 2.75) is 69.4 Å². The molecule has 6 nitrogen and oxygen atoms in total. The van der Waals surface area contributed by atoms with Crippen LogP contribution in [0.1, 0.15) is 63.5 Å². The normalized spacial score (nSPS) is 28.1. The minimum absolute atomic E-state index is 0.0766. The summed E-state index contributed by atoms with van der Waals surface area (Å²) < 4.78 is 21.2. The number of carbonyl (C=O) groups excluding carboxylic acids is 2. The molecule has 0 radical (unpaired) electrons. The summed E-state index contributed by atoms with van der Waals surface area (Å²) in [5.74, 6) is -2.36. The Bertz CT molecular complexity index is 1240. The third-order valence-corrected chi connectivity index (χ3v) is 9.08. The number of anilines is 1. The molecule has 1 aliphatic carbocycles. The lowest BCUT2D eigenvalue weighted by Gasteiger charge is -2.50. The Morgan fingerprint density at radius 1 is 1.22 bits per heavy atom. The predicted molar refractivity (Wildman–Crippen MR) is 137 cm³/mol.